The first-order valence-electron chi connectivity index (χ1n) is 6.30. The van der Waals surface area contributed by atoms with Crippen LogP contribution in [0.4, 0.5) is 5.69 Å². The van der Waals surface area contributed by atoms with Gasteiger partial charge in [0, 0.05) is 32.0 Å². The van der Waals surface area contributed by atoms with E-state index < -0.39 is 0 Å². The second-order valence-corrected chi connectivity index (χ2v) is 4.84. The molecule has 1 aliphatic carbocycles. The topological polar surface area (TPSA) is 38.5 Å². The van der Waals surface area contributed by atoms with E-state index in [0.717, 1.165) is 31.7 Å². The van der Waals surface area contributed by atoms with E-state index in [1.54, 1.807) is 7.11 Å². The highest BCUT2D eigenvalue weighted by Crippen LogP contribution is 2.35. The van der Waals surface area contributed by atoms with Gasteiger partial charge in [-0.3, -0.25) is 4.90 Å². The van der Waals surface area contributed by atoms with Gasteiger partial charge in [0.2, 0.25) is 0 Å². The highest BCUT2D eigenvalue weighted by molar-refractivity contribution is 5.47. The first kappa shape index (κ1) is 12.4. The first-order chi connectivity index (χ1) is 8.22. The summed E-state index contributed by atoms with van der Waals surface area (Å²) in [6, 6.07) is 6.88. The molecule has 0 saturated carbocycles. The monoisotopic (exact) mass is 234 g/mol. The summed E-state index contributed by atoms with van der Waals surface area (Å²) >= 11 is 0. The molecule has 0 spiro atoms. The maximum Gasteiger partial charge on any atom is 0.0474 e. The summed E-state index contributed by atoms with van der Waals surface area (Å²) < 4.78 is 5.10. The van der Waals surface area contributed by atoms with Gasteiger partial charge in [-0.2, -0.15) is 0 Å². The molecule has 3 nitrogen and oxygen atoms in total. The number of hydrogen-bond acceptors (Lipinski definition) is 3. The van der Waals surface area contributed by atoms with Gasteiger partial charge >= 0.3 is 0 Å². The Balaban J connectivity index is 2.01. The van der Waals surface area contributed by atoms with Crippen molar-refractivity contribution in [2.75, 3.05) is 33.0 Å². The molecule has 0 heterocycles. The van der Waals surface area contributed by atoms with Crippen molar-refractivity contribution >= 4 is 5.69 Å². The number of fused-ring (bicyclic) bond motifs is 1. The molecule has 1 unspecified atom stereocenters. The fourth-order valence-electron chi connectivity index (χ4n) is 2.69. The number of benzene rings is 1. The van der Waals surface area contributed by atoms with Crippen molar-refractivity contribution in [2.45, 2.75) is 25.3 Å². The standard InChI is InChI=1S/C14H22N2O/c1-16(8-3-9-17-2)14-7-4-11-10-12(15)5-6-13(11)14/h5-6,10,14H,3-4,7-9,15H2,1-2H3. The summed E-state index contributed by atoms with van der Waals surface area (Å²) in [5.41, 5.74) is 9.58. The second kappa shape index (κ2) is 5.52. The number of nitrogens with two attached hydrogens (primary N) is 1. The second-order valence-electron chi connectivity index (χ2n) is 4.84. The van der Waals surface area contributed by atoms with Gasteiger partial charge in [-0.15, -0.1) is 0 Å². The summed E-state index contributed by atoms with van der Waals surface area (Å²) in [6.07, 6.45) is 3.45. The van der Waals surface area contributed by atoms with E-state index in [-0.39, 0.29) is 0 Å². The lowest BCUT2D eigenvalue weighted by Crippen LogP contribution is -2.24. The Labute approximate surface area is 104 Å². The van der Waals surface area contributed by atoms with Gasteiger partial charge < -0.3 is 10.5 Å². The number of hydrogen-bond donors (Lipinski definition) is 1. The Morgan fingerprint density at radius 3 is 3.06 bits per heavy atom. The summed E-state index contributed by atoms with van der Waals surface area (Å²) in [4.78, 5) is 2.43. The van der Waals surface area contributed by atoms with E-state index in [9.17, 15) is 0 Å². The summed E-state index contributed by atoms with van der Waals surface area (Å²) in [5.74, 6) is 0. The number of methoxy groups -OCH3 is 1. The molecule has 17 heavy (non-hydrogen) atoms. The van der Waals surface area contributed by atoms with Crippen LogP contribution in [0.2, 0.25) is 0 Å². The Bertz CT molecular complexity index is 378. The number of nitrogens with zero attached hydrogens (tertiary/aromatic N) is 1. The van der Waals surface area contributed by atoms with Crippen LogP contribution in [0.15, 0.2) is 18.2 Å². The molecule has 2 N–H and O–H groups in total. The van der Waals surface area contributed by atoms with Gasteiger partial charge in [-0.05, 0) is 49.6 Å². The molecular formula is C14H22N2O. The molecule has 0 aliphatic heterocycles. The van der Waals surface area contributed by atoms with E-state index in [4.69, 9.17) is 10.5 Å². The van der Waals surface area contributed by atoms with Gasteiger partial charge in [-0.1, -0.05) is 6.07 Å². The maximum absolute atomic E-state index is 5.82. The fourth-order valence-corrected chi connectivity index (χ4v) is 2.69. The van der Waals surface area contributed by atoms with Gasteiger partial charge in [0.1, 0.15) is 0 Å². The van der Waals surface area contributed by atoms with Crippen molar-refractivity contribution in [1.29, 1.82) is 0 Å². The minimum absolute atomic E-state index is 0.558. The average Bonchev–Trinajstić information content (AvgIpc) is 2.72. The summed E-state index contributed by atoms with van der Waals surface area (Å²) in [5, 5.41) is 0. The minimum Gasteiger partial charge on any atom is -0.399 e. The summed E-state index contributed by atoms with van der Waals surface area (Å²) in [6.45, 7) is 1.92. The minimum atomic E-state index is 0.558. The van der Waals surface area contributed by atoms with Crippen LogP contribution in [0.5, 0.6) is 0 Å². The predicted octanol–water partition coefficient (Wildman–Crippen LogP) is 2.22. The molecule has 94 valence electrons. The van der Waals surface area contributed by atoms with E-state index in [1.165, 1.54) is 17.5 Å². The van der Waals surface area contributed by atoms with Crippen molar-refractivity contribution in [3.63, 3.8) is 0 Å². The molecule has 1 aromatic carbocycles. The number of ether oxygens (including phenoxy) is 1. The third-order valence-corrected chi connectivity index (χ3v) is 3.60. The summed E-state index contributed by atoms with van der Waals surface area (Å²) in [7, 11) is 3.96. The van der Waals surface area contributed by atoms with Gasteiger partial charge in [0.05, 0.1) is 0 Å². The smallest absolute Gasteiger partial charge is 0.0474 e. The Morgan fingerprint density at radius 1 is 1.47 bits per heavy atom. The van der Waals surface area contributed by atoms with Gasteiger partial charge in [-0.25, -0.2) is 0 Å². The molecule has 1 atom stereocenters. The Hall–Kier alpha value is -1.06. The van der Waals surface area contributed by atoms with Crippen LogP contribution in [0.25, 0.3) is 0 Å². The third-order valence-electron chi connectivity index (χ3n) is 3.60. The quantitative estimate of drug-likeness (QED) is 0.627. The number of aryl methyl sites for hydroxylation is 1. The molecule has 0 bridgehead atoms. The molecule has 2 rings (SSSR count). The van der Waals surface area contributed by atoms with Crippen LogP contribution in [-0.2, 0) is 11.2 Å². The van der Waals surface area contributed by atoms with Crippen LogP contribution in [-0.4, -0.2) is 32.2 Å². The molecule has 1 aliphatic rings. The maximum atomic E-state index is 5.82. The van der Waals surface area contributed by atoms with Crippen LogP contribution in [0.3, 0.4) is 0 Å². The van der Waals surface area contributed by atoms with E-state index in [1.807, 2.05) is 6.07 Å². The predicted molar refractivity (Wildman–Crippen MR) is 71.0 cm³/mol. The van der Waals surface area contributed by atoms with E-state index in [0.29, 0.717) is 6.04 Å². The van der Waals surface area contributed by atoms with E-state index >= 15 is 0 Å². The van der Waals surface area contributed by atoms with Gasteiger partial charge in [0.25, 0.3) is 0 Å². The normalized spacial score (nSPS) is 18.6. The molecule has 0 amide bonds. The average molecular weight is 234 g/mol. The molecule has 3 heteroatoms. The molecule has 0 radical (unpaired) electrons. The van der Waals surface area contributed by atoms with Gasteiger partial charge in [0.15, 0.2) is 0 Å². The Kier molecular flexibility index (Phi) is 4.02. The van der Waals surface area contributed by atoms with Crippen LogP contribution in [0, 0.1) is 0 Å². The van der Waals surface area contributed by atoms with Crippen molar-refractivity contribution in [3.8, 4) is 0 Å². The number of nitrogen functional groups attached to an aromatic ring is 1. The zero-order valence-corrected chi connectivity index (χ0v) is 10.8. The van der Waals surface area contributed by atoms with Crippen LogP contribution >= 0.6 is 0 Å². The largest absolute Gasteiger partial charge is 0.399 e. The van der Waals surface area contributed by atoms with Crippen LogP contribution < -0.4 is 5.73 Å². The zero-order chi connectivity index (χ0) is 12.3. The van der Waals surface area contributed by atoms with Crippen molar-refractivity contribution in [3.05, 3.63) is 29.3 Å². The molecule has 0 saturated heterocycles. The van der Waals surface area contributed by atoms with Crippen LogP contribution in [0.1, 0.15) is 30.0 Å². The molecule has 1 aromatic rings. The van der Waals surface area contributed by atoms with E-state index in [2.05, 4.69) is 24.1 Å². The lowest BCUT2D eigenvalue weighted by Gasteiger charge is -2.25. The lowest BCUT2D eigenvalue weighted by molar-refractivity contribution is 0.165. The third kappa shape index (κ3) is 2.79. The highest BCUT2D eigenvalue weighted by atomic mass is 16.5. The SMILES string of the molecule is COCCCN(C)C1CCc2cc(N)ccc21. The number of anilines is 1. The molecule has 0 fully saturated rings. The van der Waals surface area contributed by atoms with Crippen molar-refractivity contribution < 1.29 is 4.74 Å². The molecule has 0 aromatic heterocycles. The Morgan fingerprint density at radius 2 is 2.29 bits per heavy atom. The zero-order valence-electron chi connectivity index (χ0n) is 10.8. The lowest BCUT2D eigenvalue weighted by atomic mass is 10.1. The van der Waals surface area contributed by atoms with Crippen molar-refractivity contribution in [2.24, 2.45) is 0 Å². The fraction of sp³-hybridized carbons (Fsp3) is 0.571. The molecular weight excluding hydrogens is 212 g/mol. The van der Waals surface area contributed by atoms with Crippen molar-refractivity contribution in [1.82, 2.24) is 4.90 Å². The first-order valence-corrected chi connectivity index (χ1v) is 6.30. The highest BCUT2D eigenvalue weighted by Gasteiger charge is 2.25. The number of rotatable bonds is 5.